The Balaban J connectivity index is 2.02. The number of nitrogens with two attached hydrogens (primary N) is 1. The average molecular weight is 291 g/mol. The smallest absolute Gasteiger partial charge is 0.260 e. The van der Waals surface area contributed by atoms with Gasteiger partial charge in [0, 0.05) is 17.3 Å². The van der Waals surface area contributed by atoms with E-state index in [4.69, 9.17) is 10.3 Å². The first-order chi connectivity index (χ1) is 10.0. The fraction of sp³-hybridized carbons (Fsp3) is 0. The number of nitrogens with zero attached hydrogens (tertiary/aromatic N) is 2. The molecule has 0 saturated heterocycles. The highest BCUT2D eigenvalue weighted by Gasteiger charge is 2.16. The minimum Gasteiger partial charge on any atom is -0.398 e. The van der Waals surface area contributed by atoms with Crippen molar-refractivity contribution in [3.05, 3.63) is 53.8 Å². The van der Waals surface area contributed by atoms with Crippen LogP contribution in [0.1, 0.15) is 0 Å². The molecule has 0 aliphatic heterocycles. The summed E-state index contributed by atoms with van der Waals surface area (Å²) in [5.74, 6) is -2.39. The topological polar surface area (TPSA) is 64.9 Å². The van der Waals surface area contributed by atoms with Crippen LogP contribution in [-0.4, -0.2) is 10.1 Å². The Hall–Kier alpha value is -2.83. The van der Waals surface area contributed by atoms with Crippen molar-refractivity contribution in [2.75, 3.05) is 5.73 Å². The summed E-state index contributed by atoms with van der Waals surface area (Å²) >= 11 is 0. The molecule has 3 rings (SSSR count). The molecule has 0 fully saturated rings. The SMILES string of the molecule is Nc1cc(F)c(F)cc1-c1nc(-c2ccc(F)cc2)no1. The summed E-state index contributed by atoms with van der Waals surface area (Å²) in [5, 5.41) is 3.71. The molecule has 0 atom stereocenters. The number of hydrogen-bond donors (Lipinski definition) is 1. The van der Waals surface area contributed by atoms with E-state index < -0.39 is 17.5 Å². The summed E-state index contributed by atoms with van der Waals surface area (Å²) in [7, 11) is 0. The van der Waals surface area contributed by atoms with Crippen LogP contribution in [0.25, 0.3) is 22.8 Å². The third-order valence-electron chi connectivity index (χ3n) is 2.85. The van der Waals surface area contributed by atoms with Crippen molar-refractivity contribution in [2.45, 2.75) is 0 Å². The molecule has 0 bridgehead atoms. The van der Waals surface area contributed by atoms with Crippen LogP contribution in [-0.2, 0) is 0 Å². The van der Waals surface area contributed by atoms with E-state index in [0.29, 0.717) is 5.56 Å². The van der Waals surface area contributed by atoms with Gasteiger partial charge in [0.1, 0.15) is 5.82 Å². The quantitative estimate of drug-likeness (QED) is 0.735. The lowest BCUT2D eigenvalue weighted by molar-refractivity contribution is 0.431. The maximum Gasteiger partial charge on any atom is 0.260 e. The molecular weight excluding hydrogens is 283 g/mol. The maximum absolute atomic E-state index is 13.3. The molecule has 0 unspecified atom stereocenters. The maximum atomic E-state index is 13.3. The molecule has 106 valence electrons. The van der Waals surface area contributed by atoms with Gasteiger partial charge in [-0.05, 0) is 30.3 Å². The van der Waals surface area contributed by atoms with Crippen LogP contribution in [0, 0.1) is 17.5 Å². The summed E-state index contributed by atoms with van der Waals surface area (Å²) in [6.07, 6.45) is 0. The minimum absolute atomic E-state index is 0.0248. The monoisotopic (exact) mass is 291 g/mol. The largest absolute Gasteiger partial charge is 0.398 e. The number of hydrogen-bond acceptors (Lipinski definition) is 4. The lowest BCUT2D eigenvalue weighted by atomic mass is 10.1. The van der Waals surface area contributed by atoms with Crippen LogP contribution in [0.3, 0.4) is 0 Å². The van der Waals surface area contributed by atoms with Crippen LogP contribution in [0.4, 0.5) is 18.9 Å². The zero-order chi connectivity index (χ0) is 15.0. The van der Waals surface area contributed by atoms with Gasteiger partial charge in [-0.1, -0.05) is 5.16 Å². The van der Waals surface area contributed by atoms with Gasteiger partial charge in [-0.3, -0.25) is 0 Å². The summed E-state index contributed by atoms with van der Waals surface area (Å²) in [6.45, 7) is 0. The molecule has 0 spiro atoms. The zero-order valence-corrected chi connectivity index (χ0v) is 10.5. The molecule has 0 radical (unpaired) electrons. The molecule has 4 nitrogen and oxygen atoms in total. The molecule has 1 heterocycles. The predicted molar refractivity (Wildman–Crippen MR) is 69.5 cm³/mol. The Morgan fingerprint density at radius 3 is 2.33 bits per heavy atom. The fourth-order valence-corrected chi connectivity index (χ4v) is 1.80. The summed E-state index contributed by atoms with van der Waals surface area (Å²) in [4.78, 5) is 4.04. The van der Waals surface area contributed by atoms with Crippen LogP contribution < -0.4 is 5.73 Å². The number of nitrogen functional groups attached to an aromatic ring is 1. The highest BCUT2D eigenvalue weighted by molar-refractivity contribution is 5.71. The van der Waals surface area contributed by atoms with Crippen LogP contribution in [0.2, 0.25) is 0 Å². The highest BCUT2D eigenvalue weighted by atomic mass is 19.2. The Morgan fingerprint density at radius 2 is 1.62 bits per heavy atom. The van der Waals surface area contributed by atoms with Gasteiger partial charge in [-0.25, -0.2) is 13.2 Å². The predicted octanol–water partition coefficient (Wildman–Crippen LogP) is 3.40. The third kappa shape index (κ3) is 2.45. The summed E-state index contributed by atoms with van der Waals surface area (Å²) < 4.78 is 44.1. The number of anilines is 1. The lowest BCUT2D eigenvalue weighted by Gasteiger charge is -2.01. The second kappa shape index (κ2) is 4.93. The van der Waals surface area contributed by atoms with Gasteiger partial charge in [0.2, 0.25) is 5.82 Å². The minimum atomic E-state index is -1.07. The molecule has 0 saturated carbocycles. The van der Waals surface area contributed by atoms with Gasteiger partial charge in [-0.2, -0.15) is 4.98 Å². The molecule has 7 heteroatoms. The molecule has 0 amide bonds. The fourth-order valence-electron chi connectivity index (χ4n) is 1.80. The average Bonchev–Trinajstić information content (AvgIpc) is 2.93. The van der Waals surface area contributed by atoms with Crippen molar-refractivity contribution in [3.8, 4) is 22.8 Å². The van der Waals surface area contributed by atoms with E-state index in [1.54, 1.807) is 0 Å². The van der Waals surface area contributed by atoms with Gasteiger partial charge >= 0.3 is 0 Å². The number of aromatic nitrogens is 2. The standard InChI is InChI=1S/C14H8F3N3O/c15-8-3-1-7(2-4-8)13-19-14(21-20-13)9-5-10(16)11(17)6-12(9)18/h1-6H,18H2. The first-order valence-electron chi connectivity index (χ1n) is 5.89. The van der Waals surface area contributed by atoms with E-state index in [1.165, 1.54) is 24.3 Å². The first kappa shape index (κ1) is 13.2. The second-order valence-corrected chi connectivity index (χ2v) is 4.28. The van der Waals surface area contributed by atoms with E-state index in [1.807, 2.05) is 0 Å². The van der Waals surface area contributed by atoms with Gasteiger partial charge < -0.3 is 10.3 Å². The van der Waals surface area contributed by atoms with Crippen molar-refractivity contribution >= 4 is 5.69 Å². The Bertz CT molecular complexity index is 800. The zero-order valence-electron chi connectivity index (χ0n) is 10.5. The van der Waals surface area contributed by atoms with Crippen molar-refractivity contribution in [1.82, 2.24) is 10.1 Å². The number of benzene rings is 2. The van der Waals surface area contributed by atoms with Crippen molar-refractivity contribution in [1.29, 1.82) is 0 Å². The van der Waals surface area contributed by atoms with Gasteiger partial charge in [-0.15, -0.1) is 0 Å². The van der Waals surface area contributed by atoms with E-state index >= 15 is 0 Å². The molecule has 0 aliphatic carbocycles. The summed E-state index contributed by atoms with van der Waals surface area (Å²) in [5.41, 5.74) is 6.19. The van der Waals surface area contributed by atoms with Gasteiger partial charge in [0.15, 0.2) is 11.6 Å². The molecule has 21 heavy (non-hydrogen) atoms. The normalized spacial score (nSPS) is 10.8. The van der Waals surface area contributed by atoms with Gasteiger partial charge in [0.25, 0.3) is 5.89 Å². The van der Waals surface area contributed by atoms with Crippen molar-refractivity contribution < 1.29 is 17.7 Å². The second-order valence-electron chi connectivity index (χ2n) is 4.28. The molecule has 1 aromatic heterocycles. The molecule has 2 N–H and O–H groups in total. The van der Waals surface area contributed by atoms with Crippen LogP contribution in [0.5, 0.6) is 0 Å². The van der Waals surface area contributed by atoms with E-state index in [-0.39, 0.29) is 23.0 Å². The molecular formula is C14H8F3N3O. The Labute approximate surface area is 117 Å². The molecule has 3 aromatic rings. The number of rotatable bonds is 2. The van der Waals surface area contributed by atoms with Crippen LogP contribution >= 0.6 is 0 Å². The summed E-state index contributed by atoms with van der Waals surface area (Å²) in [6, 6.07) is 7.16. The molecule has 0 aliphatic rings. The van der Waals surface area contributed by atoms with E-state index in [2.05, 4.69) is 10.1 Å². The van der Waals surface area contributed by atoms with Crippen LogP contribution in [0.15, 0.2) is 40.9 Å². The van der Waals surface area contributed by atoms with Crippen molar-refractivity contribution in [2.24, 2.45) is 0 Å². The third-order valence-corrected chi connectivity index (χ3v) is 2.85. The Kier molecular flexibility index (Phi) is 3.09. The highest BCUT2D eigenvalue weighted by Crippen LogP contribution is 2.28. The molecule has 2 aromatic carbocycles. The van der Waals surface area contributed by atoms with Gasteiger partial charge in [0.05, 0.1) is 5.56 Å². The van der Waals surface area contributed by atoms with E-state index in [0.717, 1.165) is 12.1 Å². The van der Waals surface area contributed by atoms with E-state index in [9.17, 15) is 13.2 Å². The Morgan fingerprint density at radius 1 is 0.952 bits per heavy atom. The number of halogens is 3. The lowest BCUT2D eigenvalue weighted by Crippen LogP contribution is -1.94. The van der Waals surface area contributed by atoms with Crippen molar-refractivity contribution in [3.63, 3.8) is 0 Å². The first-order valence-corrected chi connectivity index (χ1v) is 5.89.